The maximum absolute atomic E-state index is 15.4. The summed E-state index contributed by atoms with van der Waals surface area (Å²) < 4.78 is 125. The molecular weight excluding hydrogens is 508 g/mol. The van der Waals surface area contributed by atoms with Crippen LogP contribution in [0, 0.1) is 0 Å². The third kappa shape index (κ3) is 4.09. The lowest BCUT2D eigenvalue weighted by Crippen LogP contribution is -2.67. The SMILES string of the molecule is COc1ccc(CCN(C)C(F)(F)C(F)(F)C(F)(F)C(F)(F)n2c3ccccc3c3ccccc32)cc1. The summed E-state index contributed by atoms with van der Waals surface area (Å²) in [6.45, 7) is -0.814. The van der Waals surface area contributed by atoms with Gasteiger partial charge in [-0.2, -0.15) is 35.1 Å². The van der Waals surface area contributed by atoms with Crippen LogP contribution in [0.1, 0.15) is 5.56 Å². The van der Waals surface area contributed by atoms with Gasteiger partial charge in [0.05, 0.1) is 18.1 Å². The number of benzene rings is 3. The summed E-state index contributed by atoms with van der Waals surface area (Å²) in [6, 6.07) is 4.82. The van der Waals surface area contributed by atoms with Crippen molar-refractivity contribution in [3.63, 3.8) is 0 Å². The molecular formula is C26H22F8N2O. The fourth-order valence-corrected chi connectivity index (χ4v) is 4.21. The molecule has 0 amide bonds. The van der Waals surface area contributed by atoms with E-state index in [2.05, 4.69) is 0 Å². The molecule has 1 heterocycles. The molecule has 198 valence electrons. The number of ether oxygens (including phenoxy) is 1. The highest BCUT2D eigenvalue weighted by atomic mass is 19.4. The Morgan fingerprint density at radius 1 is 0.703 bits per heavy atom. The van der Waals surface area contributed by atoms with Crippen LogP contribution in [0.3, 0.4) is 0 Å². The van der Waals surface area contributed by atoms with Crippen molar-refractivity contribution in [2.75, 3.05) is 20.7 Å². The summed E-state index contributed by atoms with van der Waals surface area (Å²) in [5.41, 5.74) is -0.574. The van der Waals surface area contributed by atoms with Crippen LogP contribution in [0.15, 0.2) is 72.8 Å². The Labute approximate surface area is 206 Å². The molecule has 1 aromatic heterocycles. The van der Waals surface area contributed by atoms with Crippen LogP contribution in [-0.2, 0) is 12.5 Å². The minimum absolute atomic E-state index is 0.0836. The van der Waals surface area contributed by atoms with E-state index in [-0.39, 0.29) is 26.7 Å². The molecule has 0 aliphatic heterocycles. The number of likely N-dealkylation sites (N-methyl/N-ethyl adjacent to an activating group) is 1. The largest absolute Gasteiger partial charge is 0.497 e. The van der Waals surface area contributed by atoms with Gasteiger partial charge in [0, 0.05) is 17.3 Å². The van der Waals surface area contributed by atoms with Gasteiger partial charge in [-0.3, -0.25) is 4.57 Å². The van der Waals surface area contributed by atoms with Gasteiger partial charge in [0.1, 0.15) is 5.75 Å². The number of hydrogen-bond acceptors (Lipinski definition) is 2. The van der Waals surface area contributed by atoms with Gasteiger partial charge < -0.3 is 4.74 Å². The molecule has 37 heavy (non-hydrogen) atoms. The molecule has 0 atom stereocenters. The van der Waals surface area contributed by atoms with Crippen LogP contribution in [0.25, 0.3) is 21.8 Å². The van der Waals surface area contributed by atoms with E-state index in [9.17, 15) is 17.6 Å². The molecule has 11 heteroatoms. The summed E-state index contributed by atoms with van der Waals surface area (Å²) in [5.74, 6) is -12.5. The average Bonchev–Trinajstić information content (AvgIpc) is 3.22. The zero-order chi connectivity index (χ0) is 27.2. The van der Waals surface area contributed by atoms with Crippen LogP contribution in [0.2, 0.25) is 0 Å². The van der Waals surface area contributed by atoms with Crippen LogP contribution in [-0.4, -0.2) is 48.1 Å². The molecule has 4 rings (SSSR count). The van der Waals surface area contributed by atoms with Crippen molar-refractivity contribution in [3.05, 3.63) is 78.4 Å². The number of hydrogen-bond donors (Lipinski definition) is 0. The molecule has 0 fully saturated rings. The minimum Gasteiger partial charge on any atom is -0.497 e. The molecule has 0 radical (unpaired) electrons. The monoisotopic (exact) mass is 530 g/mol. The number of aromatic nitrogens is 1. The van der Waals surface area contributed by atoms with E-state index < -0.39 is 41.5 Å². The van der Waals surface area contributed by atoms with E-state index in [1.807, 2.05) is 0 Å². The Morgan fingerprint density at radius 3 is 1.68 bits per heavy atom. The number of halogens is 8. The Morgan fingerprint density at radius 2 is 1.19 bits per heavy atom. The Kier molecular flexibility index (Phi) is 6.64. The smallest absolute Gasteiger partial charge is 0.400 e. The molecule has 3 nitrogen and oxygen atoms in total. The molecule has 3 aromatic carbocycles. The van der Waals surface area contributed by atoms with Crippen LogP contribution < -0.4 is 4.74 Å². The van der Waals surface area contributed by atoms with Gasteiger partial charge in [0.25, 0.3) is 0 Å². The molecule has 0 bridgehead atoms. The van der Waals surface area contributed by atoms with Gasteiger partial charge in [-0.15, -0.1) is 0 Å². The van der Waals surface area contributed by atoms with E-state index in [0.717, 1.165) is 12.1 Å². The number of nitrogens with zero attached hydrogens (tertiary/aromatic N) is 2. The lowest BCUT2D eigenvalue weighted by molar-refractivity contribution is -0.409. The van der Waals surface area contributed by atoms with Crippen molar-refractivity contribution in [2.24, 2.45) is 0 Å². The summed E-state index contributed by atoms with van der Waals surface area (Å²) in [5, 5.41) is 0.167. The van der Waals surface area contributed by atoms with Crippen LogP contribution in [0.4, 0.5) is 35.1 Å². The summed E-state index contributed by atoms with van der Waals surface area (Å²) >= 11 is 0. The van der Waals surface area contributed by atoms with E-state index >= 15 is 17.6 Å². The first-order valence-corrected chi connectivity index (χ1v) is 11.1. The highest BCUT2D eigenvalue weighted by molar-refractivity contribution is 6.08. The second-order valence-corrected chi connectivity index (χ2v) is 8.62. The maximum atomic E-state index is 15.4. The van der Waals surface area contributed by atoms with Crippen molar-refractivity contribution in [1.82, 2.24) is 9.47 Å². The number of rotatable bonds is 9. The second kappa shape index (κ2) is 9.20. The predicted molar refractivity (Wildman–Crippen MR) is 124 cm³/mol. The van der Waals surface area contributed by atoms with Gasteiger partial charge in [0.2, 0.25) is 0 Å². The highest BCUT2D eigenvalue weighted by Gasteiger charge is 2.82. The molecule has 0 aliphatic carbocycles. The summed E-state index contributed by atoms with van der Waals surface area (Å²) in [6.07, 6.45) is -0.235. The standard InChI is InChI=1S/C26H22F8N2O/c1-35(16-15-17-11-13-18(37-2)14-12-17)25(31,32)23(27,28)24(29,30)26(33,34)36-21-9-5-3-7-19(21)20-8-4-6-10-22(20)36/h3-14H,15-16H2,1-2H3. The fraction of sp³-hybridized carbons (Fsp3) is 0.308. The Hall–Kier alpha value is -3.34. The number of alkyl halides is 8. The van der Waals surface area contributed by atoms with Crippen molar-refractivity contribution >= 4 is 21.8 Å². The van der Waals surface area contributed by atoms with Gasteiger partial charge in [-0.05, 0) is 43.3 Å². The normalized spacial score (nSPS) is 13.6. The quantitative estimate of drug-likeness (QED) is 0.166. The van der Waals surface area contributed by atoms with Crippen molar-refractivity contribution in [2.45, 2.75) is 30.4 Å². The Balaban J connectivity index is 1.70. The fourth-order valence-electron chi connectivity index (χ4n) is 4.21. The van der Waals surface area contributed by atoms with Crippen molar-refractivity contribution in [1.29, 1.82) is 0 Å². The van der Waals surface area contributed by atoms with Gasteiger partial charge >= 0.3 is 23.9 Å². The first-order valence-electron chi connectivity index (χ1n) is 11.1. The molecule has 0 unspecified atom stereocenters. The molecule has 0 saturated heterocycles. The zero-order valence-corrected chi connectivity index (χ0v) is 19.7. The van der Waals surface area contributed by atoms with Crippen molar-refractivity contribution < 1.29 is 39.9 Å². The number of methoxy groups -OCH3 is 1. The third-order valence-electron chi connectivity index (χ3n) is 6.39. The zero-order valence-electron chi connectivity index (χ0n) is 19.7. The van der Waals surface area contributed by atoms with Crippen LogP contribution in [0.5, 0.6) is 5.75 Å². The lowest BCUT2D eigenvalue weighted by atomic mass is 10.0. The van der Waals surface area contributed by atoms with Gasteiger partial charge in [-0.25, -0.2) is 4.90 Å². The first kappa shape index (κ1) is 26.7. The summed E-state index contributed by atoms with van der Waals surface area (Å²) in [4.78, 5) is -0.340. The van der Waals surface area contributed by atoms with Gasteiger partial charge in [0.15, 0.2) is 0 Å². The molecule has 0 aliphatic rings. The molecule has 0 spiro atoms. The minimum atomic E-state index is -6.48. The topological polar surface area (TPSA) is 17.4 Å². The lowest BCUT2D eigenvalue weighted by Gasteiger charge is -2.40. The number of para-hydroxylation sites is 2. The van der Waals surface area contributed by atoms with Gasteiger partial charge in [-0.1, -0.05) is 48.5 Å². The molecule has 4 aromatic rings. The third-order valence-corrected chi connectivity index (χ3v) is 6.39. The molecule has 0 saturated carbocycles. The van der Waals surface area contributed by atoms with E-state index in [1.165, 1.54) is 67.8 Å². The number of fused-ring (bicyclic) bond motifs is 3. The average molecular weight is 530 g/mol. The second-order valence-electron chi connectivity index (χ2n) is 8.62. The van der Waals surface area contributed by atoms with E-state index in [1.54, 1.807) is 0 Å². The predicted octanol–water partition coefficient (Wildman–Crippen LogP) is 7.39. The molecule has 0 N–H and O–H groups in total. The Bertz CT molecular complexity index is 1350. The van der Waals surface area contributed by atoms with Crippen LogP contribution >= 0.6 is 0 Å². The maximum Gasteiger partial charge on any atom is 0.400 e. The highest BCUT2D eigenvalue weighted by Crippen LogP contribution is 2.56. The van der Waals surface area contributed by atoms with E-state index in [0.29, 0.717) is 18.4 Å². The van der Waals surface area contributed by atoms with E-state index in [4.69, 9.17) is 4.74 Å². The van der Waals surface area contributed by atoms with Crippen molar-refractivity contribution in [3.8, 4) is 5.75 Å². The summed E-state index contributed by atoms with van der Waals surface area (Å²) in [7, 11) is 1.88. The first-order chi connectivity index (χ1) is 17.3.